The normalized spacial score (nSPS) is 24.7. The molecule has 1 unspecified atom stereocenters. The summed E-state index contributed by atoms with van der Waals surface area (Å²) in [6.07, 6.45) is 3.82. The Hall–Kier alpha value is -1.10. The lowest BCUT2D eigenvalue weighted by molar-refractivity contribution is -0.136. The Morgan fingerprint density at radius 3 is 2.62 bits per heavy atom. The second kappa shape index (κ2) is 6.34. The van der Waals surface area contributed by atoms with Gasteiger partial charge in [0.25, 0.3) is 5.91 Å². The third-order valence-corrected chi connectivity index (χ3v) is 4.69. The Kier molecular flexibility index (Phi) is 4.48. The molecule has 1 aliphatic carbocycles. The van der Waals surface area contributed by atoms with Gasteiger partial charge in [-0.2, -0.15) is 0 Å². The van der Waals surface area contributed by atoms with Gasteiger partial charge in [0.05, 0.1) is 12.1 Å². The van der Waals surface area contributed by atoms with Crippen molar-refractivity contribution in [2.45, 2.75) is 37.3 Å². The monoisotopic (exact) mass is 308 g/mol. The third kappa shape index (κ3) is 3.23. The van der Waals surface area contributed by atoms with Crippen LogP contribution in [0.2, 0.25) is 5.02 Å². The van der Waals surface area contributed by atoms with E-state index in [0.717, 1.165) is 42.8 Å². The van der Waals surface area contributed by atoms with Crippen LogP contribution in [0.1, 0.15) is 31.2 Å². The van der Waals surface area contributed by atoms with Crippen LogP contribution >= 0.6 is 11.6 Å². The van der Waals surface area contributed by atoms with Crippen LogP contribution < -0.4 is 10.6 Å². The maximum absolute atomic E-state index is 12.5. The maximum atomic E-state index is 12.5. The highest BCUT2D eigenvalue weighted by Gasteiger charge is 2.38. The minimum atomic E-state index is -0.386. The zero-order valence-electron chi connectivity index (χ0n) is 12.0. The highest BCUT2D eigenvalue weighted by molar-refractivity contribution is 6.30. The first-order valence-electron chi connectivity index (χ1n) is 7.60. The molecule has 4 nitrogen and oxygen atoms in total. The van der Waals surface area contributed by atoms with Crippen LogP contribution in [-0.2, 0) is 15.1 Å². The van der Waals surface area contributed by atoms with E-state index < -0.39 is 0 Å². The molecule has 1 amide bonds. The molecule has 0 aromatic heterocycles. The fraction of sp³-hybridized carbons (Fsp3) is 0.562. The van der Waals surface area contributed by atoms with Gasteiger partial charge in [0.15, 0.2) is 0 Å². The molecule has 1 heterocycles. The van der Waals surface area contributed by atoms with Gasteiger partial charge >= 0.3 is 0 Å². The number of benzene rings is 1. The molecule has 3 rings (SSSR count). The van der Waals surface area contributed by atoms with Crippen molar-refractivity contribution in [2.24, 2.45) is 0 Å². The van der Waals surface area contributed by atoms with E-state index in [1.54, 1.807) is 0 Å². The van der Waals surface area contributed by atoms with Crippen molar-refractivity contribution in [3.05, 3.63) is 34.9 Å². The van der Waals surface area contributed by atoms with Crippen LogP contribution in [0.5, 0.6) is 0 Å². The number of nitrogens with one attached hydrogen (secondary N) is 2. The molecule has 1 saturated heterocycles. The standard InChI is InChI=1S/C16H21ClN2O2/c17-13-5-3-12(4-6-13)16(7-1-2-8-16)19-15(20)14-11-18-9-10-21-14/h3-6,14,18H,1-2,7-11H2,(H,19,20). The Morgan fingerprint density at radius 2 is 2.00 bits per heavy atom. The SMILES string of the molecule is O=C(NC1(c2ccc(Cl)cc2)CCCC1)C1CNCCO1. The zero-order chi connectivity index (χ0) is 14.7. The lowest BCUT2D eigenvalue weighted by atomic mass is 9.88. The quantitative estimate of drug-likeness (QED) is 0.900. The Balaban J connectivity index is 1.77. The predicted molar refractivity (Wildman–Crippen MR) is 82.4 cm³/mol. The lowest BCUT2D eigenvalue weighted by Crippen LogP contribution is -2.53. The molecule has 2 aliphatic rings. The van der Waals surface area contributed by atoms with Crippen molar-refractivity contribution >= 4 is 17.5 Å². The van der Waals surface area contributed by atoms with Crippen molar-refractivity contribution in [3.63, 3.8) is 0 Å². The first-order valence-corrected chi connectivity index (χ1v) is 7.98. The summed E-state index contributed by atoms with van der Waals surface area (Å²) in [6, 6.07) is 7.82. The van der Waals surface area contributed by atoms with E-state index in [0.29, 0.717) is 13.2 Å². The average molecular weight is 309 g/mol. The molecule has 1 saturated carbocycles. The van der Waals surface area contributed by atoms with E-state index in [-0.39, 0.29) is 17.6 Å². The first kappa shape index (κ1) is 14.8. The average Bonchev–Trinajstić information content (AvgIpc) is 2.98. The summed E-state index contributed by atoms with van der Waals surface area (Å²) >= 11 is 5.98. The number of hydrogen-bond donors (Lipinski definition) is 2. The summed E-state index contributed by atoms with van der Waals surface area (Å²) in [7, 11) is 0. The van der Waals surface area contributed by atoms with Crippen LogP contribution in [-0.4, -0.2) is 31.7 Å². The van der Waals surface area contributed by atoms with E-state index >= 15 is 0 Å². The number of morpholine rings is 1. The van der Waals surface area contributed by atoms with Crippen molar-refractivity contribution < 1.29 is 9.53 Å². The lowest BCUT2D eigenvalue weighted by Gasteiger charge is -2.33. The molecule has 0 radical (unpaired) electrons. The maximum Gasteiger partial charge on any atom is 0.251 e. The largest absolute Gasteiger partial charge is 0.366 e. The fourth-order valence-corrected chi connectivity index (χ4v) is 3.41. The summed E-state index contributed by atoms with van der Waals surface area (Å²) in [5.41, 5.74) is 0.879. The third-order valence-electron chi connectivity index (χ3n) is 4.44. The van der Waals surface area contributed by atoms with Crippen LogP contribution in [0, 0.1) is 0 Å². The molecule has 0 bridgehead atoms. The Bertz CT molecular complexity index is 492. The van der Waals surface area contributed by atoms with Crippen LogP contribution in [0.15, 0.2) is 24.3 Å². The molecule has 1 aromatic rings. The Morgan fingerprint density at radius 1 is 1.29 bits per heavy atom. The van der Waals surface area contributed by atoms with Crippen molar-refractivity contribution in [1.29, 1.82) is 0 Å². The topological polar surface area (TPSA) is 50.4 Å². The molecular formula is C16H21ClN2O2. The minimum Gasteiger partial charge on any atom is -0.366 e. The number of ether oxygens (including phenoxy) is 1. The molecule has 2 N–H and O–H groups in total. The van der Waals surface area contributed by atoms with Crippen LogP contribution in [0.3, 0.4) is 0 Å². The zero-order valence-corrected chi connectivity index (χ0v) is 12.8. The number of amides is 1. The fourth-order valence-electron chi connectivity index (χ4n) is 3.28. The van der Waals surface area contributed by atoms with Gasteiger partial charge in [0, 0.05) is 18.1 Å². The Labute approximate surface area is 130 Å². The van der Waals surface area contributed by atoms with Crippen LogP contribution in [0.25, 0.3) is 0 Å². The van der Waals surface area contributed by atoms with Gasteiger partial charge in [-0.1, -0.05) is 36.6 Å². The molecule has 2 fully saturated rings. The van der Waals surface area contributed by atoms with Gasteiger partial charge in [0.2, 0.25) is 0 Å². The molecule has 5 heteroatoms. The number of rotatable bonds is 3. The highest BCUT2D eigenvalue weighted by atomic mass is 35.5. The molecule has 114 valence electrons. The number of carbonyl (C=O) groups is 1. The van der Waals surface area contributed by atoms with Crippen molar-refractivity contribution in [3.8, 4) is 0 Å². The van der Waals surface area contributed by atoms with E-state index in [2.05, 4.69) is 10.6 Å². The smallest absolute Gasteiger partial charge is 0.251 e. The molecule has 1 atom stereocenters. The summed E-state index contributed by atoms with van der Waals surface area (Å²) in [5.74, 6) is -0.0148. The van der Waals surface area contributed by atoms with Gasteiger partial charge < -0.3 is 15.4 Å². The summed E-state index contributed by atoms with van der Waals surface area (Å²) in [4.78, 5) is 12.5. The van der Waals surface area contributed by atoms with E-state index in [9.17, 15) is 4.79 Å². The van der Waals surface area contributed by atoms with Gasteiger partial charge in [-0.3, -0.25) is 4.79 Å². The first-order chi connectivity index (χ1) is 10.2. The van der Waals surface area contributed by atoms with Crippen molar-refractivity contribution in [2.75, 3.05) is 19.7 Å². The molecular weight excluding hydrogens is 288 g/mol. The highest BCUT2D eigenvalue weighted by Crippen LogP contribution is 2.39. The number of carbonyl (C=O) groups excluding carboxylic acids is 1. The second-order valence-electron chi connectivity index (χ2n) is 5.85. The van der Waals surface area contributed by atoms with Gasteiger partial charge in [0.1, 0.15) is 6.10 Å². The molecule has 1 aliphatic heterocycles. The molecule has 21 heavy (non-hydrogen) atoms. The number of hydrogen-bond acceptors (Lipinski definition) is 3. The minimum absolute atomic E-state index is 0.0148. The summed E-state index contributed by atoms with van der Waals surface area (Å²) in [5, 5.41) is 7.17. The van der Waals surface area contributed by atoms with Gasteiger partial charge in [-0.05, 0) is 30.5 Å². The van der Waals surface area contributed by atoms with Crippen molar-refractivity contribution in [1.82, 2.24) is 10.6 Å². The predicted octanol–water partition coefficient (Wildman–Crippen LogP) is 2.21. The second-order valence-corrected chi connectivity index (χ2v) is 6.29. The molecule has 1 aromatic carbocycles. The van der Waals surface area contributed by atoms with E-state index in [1.165, 1.54) is 0 Å². The summed E-state index contributed by atoms with van der Waals surface area (Å²) in [6.45, 7) is 1.99. The summed E-state index contributed by atoms with van der Waals surface area (Å²) < 4.78 is 5.55. The van der Waals surface area contributed by atoms with Gasteiger partial charge in [-0.15, -0.1) is 0 Å². The van der Waals surface area contributed by atoms with Gasteiger partial charge in [-0.25, -0.2) is 0 Å². The van der Waals surface area contributed by atoms with Crippen LogP contribution in [0.4, 0.5) is 0 Å². The van der Waals surface area contributed by atoms with E-state index in [4.69, 9.17) is 16.3 Å². The molecule has 0 spiro atoms. The van der Waals surface area contributed by atoms with E-state index in [1.807, 2.05) is 24.3 Å². The number of halogens is 1.